The Morgan fingerprint density at radius 1 is 1.23 bits per heavy atom. The number of hydrogen-bond acceptors (Lipinski definition) is 6. The zero-order valence-corrected chi connectivity index (χ0v) is 17.4. The normalized spacial score (nSPS) is 21.4. The van der Waals surface area contributed by atoms with Crippen molar-refractivity contribution in [3.05, 3.63) is 57.9 Å². The summed E-state index contributed by atoms with van der Waals surface area (Å²) in [5.41, 5.74) is 3.38. The Morgan fingerprint density at radius 2 is 1.97 bits per heavy atom. The molecule has 1 amide bonds. The summed E-state index contributed by atoms with van der Waals surface area (Å²) >= 11 is 0. The van der Waals surface area contributed by atoms with Crippen molar-refractivity contribution >= 4 is 11.9 Å². The maximum Gasteiger partial charge on any atom is 0.337 e. The molecular formula is C23H24N4O3. The Labute approximate surface area is 176 Å². The molecule has 30 heavy (non-hydrogen) atoms. The molecule has 7 nitrogen and oxygen atoms in total. The summed E-state index contributed by atoms with van der Waals surface area (Å²) in [6.07, 6.45) is 1.70. The standard InChI is InChI=1S/C23H24N4O3/c1-14-19(11-24)21(16-6-4-7-17(10-16)23(29)30-3)20(12-25)22(26-14)18-8-5-9-27(13-18)15(2)28/h4,6-7,10,18,21,26H,5,8-9,13H2,1-3H3. The number of esters is 1. The molecule has 3 rings (SSSR count). The third kappa shape index (κ3) is 3.92. The Hall–Kier alpha value is -3.58. The van der Waals surface area contributed by atoms with Crippen LogP contribution < -0.4 is 5.32 Å². The predicted octanol–water partition coefficient (Wildman–Crippen LogP) is 2.99. The molecule has 7 heteroatoms. The van der Waals surface area contributed by atoms with Crippen LogP contribution in [0.4, 0.5) is 0 Å². The highest BCUT2D eigenvalue weighted by Crippen LogP contribution is 2.40. The van der Waals surface area contributed by atoms with E-state index in [1.165, 1.54) is 7.11 Å². The number of nitrogens with one attached hydrogen (secondary N) is 1. The van der Waals surface area contributed by atoms with E-state index >= 15 is 0 Å². The Kier molecular flexibility index (Phi) is 6.23. The van der Waals surface area contributed by atoms with Gasteiger partial charge in [-0.05, 0) is 37.5 Å². The van der Waals surface area contributed by atoms with Crippen LogP contribution in [0.3, 0.4) is 0 Å². The number of ether oxygens (including phenoxy) is 1. The molecule has 2 heterocycles. The number of carbonyl (C=O) groups is 2. The van der Waals surface area contributed by atoms with Gasteiger partial charge in [-0.2, -0.15) is 10.5 Å². The number of allylic oxidation sites excluding steroid dienone is 3. The number of dihydropyridines is 1. The van der Waals surface area contributed by atoms with Crippen LogP contribution in [0.1, 0.15) is 48.5 Å². The number of rotatable bonds is 3. The molecule has 2 aliphatic rings. The van der Waals surface area contributed by atoms with Crippen LogP contribution in [0.2, 0.25) is 0 Å². The van der Waals surface area contributed by atoms with Gasteiger partial charge in [-0.15, -0.1) is 0 Å². The molecule has 0 bridgehead atoms. The molecule has 1 fully saturated rings. The van der Waals surface area contributed by atoms with Gasteiger partial charge in [0.25, 0.3) is 0 Å². The highest BCUT2D eigenvalue weighted by molar-refractivity contribution is 5.89. The number of piperidine rings is 1. The lowest BCUT2D eigenvalue weighted by Crippen LogP contribution is -2.42. The Balaban J connectivity index is 2.10. The summed E-state index contributed by atoms with van der Waals surface area (Å²) in [5, 5.41) is 23.2. The largest absolute Gasteiger partial charge is 0.465 e. The van der Waals surface area contributed by atoms with E-state index in [0.717, 1.165) is 18.5 Å². The lowest BCUT2D eigenvalue weighted by Gasteiger charge is -2.37. The minimum atomic E-state index is -0.575. The second-order valence-electron chi connectivity index (χ2n) is 7.57. The molecule has 1 saturated heterocycles. The van der Waals surface area contributed by atoms with E-state index in [2.05, 4.69) is 17.5 Å². The topological polar surface area (TPSA) is 106 Å². The first-order valence-electron chi connectivity index (χ1n) is 9.87. The maximum atomic E-state index is 12.0. The number of benzene rings is 1. The lowest BCUT2D eigenvalue weighted by atomic mass is 9.78. The van der Waals surface area contributed by atoms with E-state index in [4.69, 9.17) is 4.74 Å². The van der Waals surface area contributed by atoms with Crippen molar-refractivity contribution in [3.8, 4) is 12.1 Å². The minimum Gasteiger partial charge on any atom is -0.465 e. The van der Waals surface area contributed by atoms with Crippen molar-refractivity contribution in [2.24, 2.45) is 5.92 Å². The van der Waals surface area contributed by atoms with Crippen LogP contribution >= 0.6 is 0 Å². The molecule has 1 N–H and O–H groups in total. The van der Waals surface area contributed by atoms with Crippen LogP contribution in [0.25, 0.3) is 0 Å². The maximum absolute atomic E-state index is 12.0. The quantitative estimate of drug-likeness (QED) is 0.776. The number of amides is 1. The molecule has 0 radical (unpaired) electrons. The minimum absolute atomic E-state index is 0.0150. The van der Waals surface area contributed by atoms with Gasteiger partial charge in [0, 0.05) is 37.3 Å². The smallest absolute Gasteiger partial charge is 0.337 e. The SMILES string of the molecule is COC(=O)c1cccc(C2C(C#N)=C(C)NC(C3CCCN(C(C)=O)C3)=C2C#N)c1. The fourth-order valence-electron chi connectivity index (χ4n) is 4.24. The molecule has 2 atom stereocenters. The summed E-state index contributed by atoms with van der Waals surface area (Å²) < 4.78 is 4.81. The predicted molar refractivity (Wildman–Crippen MR) is 110 cm³/mol. The number of likely N-dealkylation sites (tertiary alicyclic amines) is 1. The van der Waals surface area contributed by atoms with Crippen LogP contribution in [-0.4, -0.2) is 37.0 Å². The fraction of sp³-hybridized carbons (Fsp3) is 0.391. The van der Waals surface area contributed by atoms with Gasteiger partial charge in [0.05, 0.1) is 41.9 Å². The number of hydrogen-bond donors (Lipinski definition) is 1. The summed E-state index contributed by atoms with van der Waals surface area (Å²) in [7, 11) is 1.31. The van der Waals surface area contributed by atoms with Gasteiger partial charge >= 0.3 is 5.97 Å². The molecule has 0 aliphatic carbocycles. The molecule has 2 aliphatic heterocycles. The number of nitriles is 2. The molecular weight excluding hydrogens is 380 g/mol. The van der Waals surface area contributed by atoms with Crippen molar-refractivity contribution in [3.63, 3.8) is 0 Å². The van der Waals surface area contributed by atoms with E-state index in [1.54, 1.807) is 30.0 Å². The molecule has 0 aromatic heterocycles. The first-order chi connectivity index (χ1) is 14.4. The summed E-state index contributed by atoms with van der Waals surface area (Å²) in [6, 6.07) is 11.4. The Bertz CT molecular complexity index is 1030. The van der Waals surface area contributed by atoms with Gasteiger partial charge in [-0.25, -0.2) is 4.79 Å². The Morgan fingerprint density at radius 3 is 2.60 bits per heavy atom. The molecule has 1 aromatic carbocycles. The van der Waals surface area contributed by atoms with Crippen LogP contribution in [-0.2, 0) is 9.53 Å². The lowest BCUT2D eigenvalue weighted by molar-refractivity contribution is -0.130. The first kappa shape index (κ1) is 21.1. The molecule has 0 spiro atoms. The van der Waals surface area contributed by atoms with Crippen molar-refractivity contribution in [1.82, 2.24) is 10.2 Å². The average Bonchev–Trinajstić information content (AvgIpc) is 2.77. The van der Waals surface area contributed by atoms with Crippen molar-refractivity contribution in [1.29, 1.82) is 10.5 Å². The van der Waals surface area contributed by atoms with Gasteiger partial charge in [0.1, 0.15) is 0 Å². The van der Waals surface area contributed by atoms with E-state index < -0.39 is 11.9 Å². The van der Waals surface area contributed by atoms with Crippen LogP contribution in [0.15, 0.2) is 46.8 Å². The molecule has 0 saturated carbocycles. The van der Waals surface area contributed by atoms with Crippen molar-refractivity contribution in [2.45, 2.75) is 32.6 Å². The van der Waals surface area contributed by atoms with Crippen molar-refractivity contribution < 1.29 is 14.3 Å². The summed E-state index contributed by atoms with van der Waals surface area (Å²) in [6.45, 7) is 4.61. The van der Waals surface area contributed by atoms with Gasteiger partial charge < -0.3 is 15.0 Å². The monoisotopic (exact) mass is 404 g/mol. The molecule has 154 valence electrons. The van der Waals surface area contributed by atoms with Crippen molar-refractivity contribution in [2.75, 3.05) is 20.2 Å². The number of methoxy groups -OCH3 is 1. The highest BCUT2D eigenvalue weighted by atomic mass is 16.5. The van der Waals surface area contributed by atoms with Gasteiger partial charge in [0.2, 0.25) is 5.91 Å². The zero-order chi connectivity index (χ0) is 21.8. The van der Waals surface area contributed by atoms with Crippen LogP contribution in [0.5, 0.6) is 0 Å². The highest BCUT2D eigenvalue weighted by Gasteiger charge is 2.35. The van der Waals surface area contributed by atoms with Gasteiger partial charge in [0.15, 0.2) is 0 Å². The molecule has 1 aromatic rings. The first-order valence-corrected chi connectivity index (χ1v) is 9.87. The summed E-state index contributed by atoms with van der Waals surface area (Å²) in [5.74, 6) is -1.05. The number of carbonyl (C=O) groups excluding carboxylic acids is 2. The van der Waals surface area contributed by atoms with Crippen LogP contribution in [0, 0.1) is 28.6 Å². The van der Waals surface area contributed by atoms with Gasteiger partial charge in [-0.3, -0.25) is 4.79 Å². The van der Waals surface area contributed by atoms with Gasteiger partial charge in [-0.1, -0.05) is 12.1 Å². The zero-order valence-electron chi connectivity index (χ0n) is 17.4. The second kappa shape index (κ2) is 8.84. The van der Waals surface area contributed by atoms with E-state index in [9.17, 15) is 20.1 Å². The third-order valence-corrected chi connectivity index (χ3v) is 5.75. The number of nitrogens with zero attached hydrogens (tertiary/aromatic N) is 3. The third-order valence-electron chi connectivity index (χ3n) is 5.75. The fourth-order valence-corrected chi connectivity index (χ4v) is 4.24. The van der Waals surface area contributed by atoms with E-state index in [0.29, 0.717) is 41.1 Å². The van der Waals surface area contributed by atoms with E-state index in [-0.39, 0.29) is 11.8 Å². The summed E-state index contributed by atoms with van der Waals surface area (Å²) in [4.78, 5) is 25.7. The second-order valence-corrected chi connectivity index (χ2v) is 7.57. The van der Waals surface area contributed by atoms with E-state index in [1.807, 2.05) is 13.0 Å². The molecule has 2 unspecified atom stereocenters. The average molecular weight is 404 g/mol.